The predicted octanol–water partition coefficient (Wildman–Crippen LogP) is 0.941. The maximum Gasteiger partial charge on any atom is 0.255 e. The highest BCUT2D eigenvalue weighted by molar-refractivity contribution is 6.06. The largest absolute Gasteiger partial charge is 0.490 e. The molecule has 1 unspecified atom stereocenters. The molecule has 3 amide bonds. The van der Waals surface area contributed by atoms with Crippen molar-refractivity contribution in [1.82, 2.24) is 10.2 Å². The number of aldehydes is 1. The quantitative estimate of drug-likeness (QED) is 0.476. The van der Waals surface area contributed by atoms with Crippen molar-refractivity contribution >= 4 is 24.0 Å². The van der Waals surface area contributed by atoms with Gasteiger partial charge in [-0.3, -0.25) is 24.5 Å². The van der Waals surface area contributed by atoms with Crippen LogP contribution >= 0.6 is 0 Å². The van der Waals surface area contributed by atoms with E-state index in [-0.39, 0.29) is 36.5 Å². The Balaban J connectivity index is 2.26. The van der Waals surface area contributed by atoms with E-state index in [9.17, 15) is 19.2 Å². The molecule has 1 aromatic rings. The number of piperidine rings is 1. The molecule has 0 bridgehead atoms. The molecule has 1 atom stereocenters. The lowest BCUT2D eigenvalue weighted by atomic mass is 10.0. The molecule has 1 saturated heterocycles. The molecule has 1 N–H and O–H groups in total. The van der Waals surface area contributed by atoms with Gasteiger partial charge in [0.1, 0.15) is 18.4 Å². The summed E-state index contributed by atoms with van der Waals surface area (Å²) in [7, 11) is 1.47. The standard InChI is InChI=1S/C17H18N2O5/c1-3-8-24-12-5-4-11(10-20)13(9-12)17(23)19(2)14-6-7-15(21)18-16(14)22/h3-5,9-10,14H,1,6-8H2,2H3,(H,18,21,22). The summed E-state index contributed by atoms with van der Waals surface area (Å²) in [4.78, 5) is 48.3. The molecule has 7 nitrogen and oxygen atoms in total. The average Bonchev–Trinajstić information content (AvgIpc) is 2.58. The molecular formula is C17H18N2O5. The summed E-state index contributed by atoms with van der Waals surface area (Å²) >= 11 is 0. The molecule has 0 radical (unpaired) electrons. The molecule has 1 aliphatic rings. The van der Waals surface area contributed by atoms with Gasteiger partial charge in [0.25, 0.3) is 5.91 Å². The van der Waals surface area contributed by atoms with E-state index in [4.69, 9.17) is 4.74 Å². The smallest absolute Gasteiger partial charge is 0.255 e. The first-order valence-corrected chi connectivity index (χ1v) is 7.41. The molecule has 1 heterocycles. The van der Waals surface area contributed by atoms with Crippen LogP contribution in [0.3, 0.4) is 0 Å². The zero-order valence-electron chi connectivity index (χ0n) is 13.3. The Kier molecular flexibility index (Phi) is 5.47. The van der Waals surface area contributed by atoms with Gasteiger partial charge in [-0.25, -0.2) is 0 Å². The molecule has 2 rings (SSSR count). The van der Waals surface area contributed by atoms with Gasteiger partial charge in [-0.15, -0.1) is 0 Å². The van der Waals surface area contributed by atoms with Crippen molar-refractivity contribution in [3.8, 4) is 5.75 Å². The first-order valence-electron chi connectivity index (χ1n) is 7.41. The number of nitrogens with zero attached hydrogens (tertiary/aromatic N) is 1. The number of ether oxygens (including phenoxy) is 1. The number of rotatable bonds is 6. The van der Waals surface area contributed by atoms with Gasteiger partial charge in [0.05, 0.1) is 5.56 Å². The van der Waals surface area contributed by atoms with Crippen LogP contribution in [0, 0.1) is 0 Å². The van der Waals surface area contributed by atoms with Gasteiger partial charge in [0, 0.05) is 19.0 Å². The summed E-state index contributed by atoms with van der Waals surface area (Å²) in [5, 5.41) is 2.21. The first-order chi connectivity index (χ1) is 11.5. The number of carbonyl (C=O) groups is 4. The van der Waals surface area contributed by atoms with Crippen LogP contribution < -0.4 is 10.1 Å². The van der Waals surface area contributed by atoms with Crippen LogP contribution in [0.5, 0.6) is 5.75 Å². The summed E-state index contributed by atoms with van der Waals surface area (Å²) < 4.78 is 5.38. The second-order valence-electron chi connectivity index (χ2n) is 5.35. The number of benzene rings is 1. The third-order valence-electron chi connectivity index (χ3n) is 3.75. The Bertz CT molecular complexity index is 698. The minimum Gasteiger partial charge on any atom is -0.490 e. The number of imide groups is 1. The second-order valence-corrected chi connectivity index (χ2v) is 5.35. The number of amides is 3. The molecule has 24 heavy (non-hydrogen) atoms. The maximum absolute atomic E-state index is 12.7. The van der Waals surface area contributed by atoms with Gasteiger partial charge in [-0.05, 0) is 24.6 Å². The van der Waals surface area contributed by atoms with Crippen LogP contribution in [0.2, 0.25) is 0 Å². The van der Waals surface area contributed by atoms with Crippen LogP contribution in [0.15, 0.2) is 30.9 Å². The Labute approximate surface area is 139 Å². The minimum absolute atomic E-state index is 0.138. The van der Waals surface area contributed by atoms with Crippen molar-refractivity contribution in [2.45, 2.75) is 18.9 Å². The van der Waals surface area contributed by atoms with Crippen molar-refractivity contribution in [3.05, 3.63) is 42.0 Å². The van der Waals surface area contributed by atoms with Crippen LogP contribution in [-0.2, 0) is 9.59 Å². The van der Waals surface area contributed by atoms with Crippen LogP contribution in [0.4, 0.5) is 0 Å². The van der Waals surface area contributed by atoms with Gasteiger partial charge in [-0.2, -0.15) is 0 Å². The number of likely N-dealkylation sites (N-methyl/N-ethyl adjacent to an activating group) is 1. The molecule has 0 saturated carbocycles. The molecule has 0 aliphatic carbocycles. The highest BCUT2D eigenvalue weighted by Gasteiger charge is 2.33. The van der Waals surface area contributed by atoms with E-state index < -0.39 is 17.9 Å². The molecule has 1 aromatic carbocycles. The summed E-state index contributed by atoms with van der Waals surface area (Å²) in [6.07, 6.45) is 2.54. The lowest BCUT2D eigenvalue weighted by Gasteiger charge is -2.30. The van der Waals surface area contributed by atoms with Crippen LogP contribution in [0.1, 0.15) is 33.6 Å². The number of hydrogen-bond acceptors (Lipinski definition) is 5. The van der Waals surface area contributed by atoms with Crippen molar-refractivity contribution < 1.29 is 23.9 Å². The fourth-order valence-corrected chi connectivity index (χ4v) is 2.45. The monoisotopic (exact) mass is 330 g/mol. The van der Waals surface area contributed by atoms with Gasteiger partial charge < -0.3 is 9.64 Å². The maximum atomic E-state index is 12.7. The zero-order chi connectivity index (χ0) is 17.7. The number of hydrogen-bond donors (Lipinski definition) is 1. The third kappa shape index (κ3) is 3.68. The fourth-order valence-electron chi connectivity index (χ4n) is 2.45. The van der Waals surface area contributed by atoms with Gasteiger partial charge in [0.2, 0.25) is 11.8 Å². The van der Waals surface area contributed by atoms with Gasteiger partial charge in [0.15, 0.2) is 6.29 Å². The Morgan fingerprint density at radius 2 is 2.21 bits per heavy atom. The van der Waals surface area contributed by atoms with Gasteiger partial charge in [-0.1, -0.05) is 12.7 Å². The van der Waals surface area contributed by atoms with E-state index in [1.807, 2.05) is 0 Å². The van der Waals surface area contributed by atoms with E-state index in [1.54, 1.807) is 12.1 Å². The highest BCUT2D eigenvalue weighted by atomic mass is 16.5. The molecule has 1 fully saturated rings. The summed E-state index contributed by atoms with van der Waals surface area (Å²) in [6.45, 7) is 3.80. The lowest BCUT2D eigenvalue weighted by molar-refractivity contribution is -0.136. The number of carbonyl (C=O) groups excluding carboxylic acids is 4. The first kappa shape index (κ1) is 17.4. The highest BCUT2D eigenvalue weighted by Crippen LogP contribution is 2.21. The van der Waals surface area contributed by atoms with Crippen molar-refractivity contribution in [2.24, 2.45) is 0 Å². The van der Waals surface area contributed by atoms with Crippen molar-refractivity contribution in [2.75, 3.05) is 13.7 Å². The van der Waals surface area contributed by atoms with E-state index in [1.165, 1.54) is 24.1 Å². The molecule has 126 valence electrons. The summed E-state index contributed by atoms with van der Waals surface area (Å²) in [5.41, 5.74) is 0.337. The molecule has 0 spiro atoms. The van der Waals surface area contributed by atoms with Gasteiger partial charge >= 0.3 is 0 Å². The fraction of sp³-hybridized carbons (Fsp3) is 0.294. The predicted molar refractivity (Wildman–Crippen MR) is 85.8 cm³/mol. The Morgan fingerprint density at radius 1 is 1.46 bits per heavy atom. The normalized spacial score (nSPS) is 17.0. The average molecular weight is 330 g/mol. The Hall–Kier alpha value is -2.96. The van der Waals surface area contributed by atoms with Crippen LogP contribution in [-0.4, -0.2) is 48.6 Å². The minimum atomic E-state index is -0.757. The molecular weight excluding hydrogens is 312 g/mol. The van der Waals surface area contributed by atoms with Crippen molar-refractivity contribution in [1.29, 1.82) is 0 Å². The van der Waals surface area contributed by atoms with E-state index in [0.717, 1.165) is 0 Å². The molecule has 7 heteroatoms. The molecule has 0 aromatic heterocycles. The zero-order valence-corrected chi connectivity index (χ0v) is 13.3. The topological polar surface area (TPSA) is 92.8 Å². The number of nitrogens with one attached hydrogen (secondary N) is 1. The summed E-state index contributed by atoms with van der Waals surface area (Å²) in [6, 6.07) is 3.76. The summed E-state index contributed by atoms with van der Waals surface area (Å²) in [5.74, 6) is -0.949. The third-order valence-corrected chi connectivity index (χ3v) is 3.75. The SMILES string of the molecule is C=CCOc1ccc(C=O)c(C(=O)N(C)C2CCC(=O)NC2=O)c1. The lowest BCUT2D eigenvalue weighted by Crippen LogP contribution is -2.53. The van der Waals surface area contributed by atoms with Crippen molar-refractivity contribution in [3.63, 3.8) is 0 Å². The Morgan fingerprint density at radius 3 is 2.83 bits per heavy atom. The van der Waals surface area contributed by atoms with E-state index in [0.29, 0.717) is 12.0 Å². The molecule has 1 aliphatic heterocycles. The van der Waals surface area contributed by atoms with Crippen LogP contribution in [0.25, 0.3) is 0 Å². The second kappa shape index (κ2) is 7.54. The van der Waals surface area contributed by atoms with E-state index >= 15 is 0 Å². The van der Waals surface area contributed by atoms with E-state index in [2.05, 4.69) is 11.9 Å².